The lowest BCUT2D eigenvalue weighted by Gasteiger charge is -1.92. The molecule has 0 radical (unpaired) electrons. The Hall–Kier alpha value is -0.630. The molecule has 0 amide bonds. The van der Waals surface area contributed by atoms with Gasteiger partial charge in [-0.1, -0.05) is 0 Å². The topological polar surface area (TPSA) is 17.1 Å². The highest BCUT2D eigenvalue weighted by molar-refractivity contribution is 7.10. The van der Waals surface area contributed by atoms with Crippen LogP contribution in [-0.4, -0.2) is 5.78 Å². The van der Waals surface area contributed by atoms with E-state index in [-0.39, 0.29) is 5.78 Å². The van der Waals surface area contributed by atoms with Crippen LogP contribution >= 0.6 is 11.3 Å². The minimum absolute atomic E-state index is 0.241. The van der Waals surface area contributed by atoms with E-state index in [1.165, 1.54) is 10.4 Å². The first kappa shape index (κ1) is 7.48. The van der Waals surface area contributed by atoms with Crippen molar-refractivity contribution < 1.29 is 4.79 Å². The fourth-order valence-corrected chi connectivity index (χ4v) is 1.79. The van der Waals surface area contributed by atoms with Gasteiger partial charge in [-0.05, 0) is 30.9 Å². The molecule has 0 spiro atoms. The first-order valence-corrected chi connectivity index (χ1v) is 4.10. The monoisotopic (exact) mass is 154 g/mol. The molecular formula is C8H10OS. The van der Waals surface area contributed by atoms with Gasteiger partial charge >= 0.3 is 0 Å². The number of hydrogen-bond acceptors (Lipinski definition) is 2. The summed E-state index contributed by atoms with van der Waals surface area (Å²) in [6, 6.07) is 2.04. The lowest BCUT2D eigenvalue weighted by Crippen LogP contribution is -1.94. The van der Waals surface area contributed by atoms with Crippen molar-refractivity contribution >= 4 is 17.1 Å². The molecular weight excluding hydrogens is 144 g/mol. The fraction of sp³-hybridized carbons (Fsp3) is 0.375. The molecule has 0 fully saturated rings. The molecule has 0 aliphatic heterocycles. The second kappa shape index (κ2) is 2.97. The summed E-state index contributed by atoms with van der Waals surface area (Å²) in [6.45, 7) is 3.66. The molecule has 54 valence electrons. The van der Waals surface area contributed by atoms with E-state index in [1.54, 1.807) is 18.3 Å². The van der Waals surface area contributed by atoms with Crippen LogP contribution in [0.5, 0.6) is 0 Å². The number of carbonyl (C=O) groups excluding carboxylic acids is 1. The van der Waals surface area contributed by atoms with E-state index in [0.717, 1.165) is 0 Å². The average Bonchev–Trinajstić information content (AvgIpc) is 2.15. The van der Waals surface area contributed by atoms with Crippen LogP contribution in [0.3, 0.4) is 0 Å². The average molecular weight is 154 g/mol. The van der Waals surface area contributed by atoms with E-state index in [9.17, 15) is 4.79 Å². The van der Waals surface area contributed by atoms with Gasteiger partial charge in [0.15, 0.2) is 0 Å². The smallest absolute Gasteiger partial charge is 0.135 e. The third kappa shape index (κ3) is 1.67. The Kier molecular flexibility index (Phi) is 2.22. The molecule has 0 N–H and O–H groups in total. The Bertz CT molecular complexity index is 237. The Labute approximate surface area is 64.7 Å². The quantitative estimate of drug-likeness (QED) is 0.638. The zero-order valence-electron chi connectivity index (χ0n) is 6.18. The fourth-order valence-electron chi connectivity index (χ4n) is 0.811. The van der Waals surface area contributed by atoms with E-state index >= 15 is 0 Å². The summed E-state index contributed by atoms with van der Waals surface area (Å²) in [6.07, 6.45) is 0.601. The minimum Gasteiger partial charge on any atom is -0.300 e. The van der Waals surface area contributed by atoms with Gasteiger partial charge in [0.1, 0.15) is 5.78 Å². The van der Waals surface area contributed by atoms with E-state index < -0.39 is 0 Å². The van der Waals surface area contributed by atoms with E-state index in [4.69, 9.17) is 0 Å². The number of hydrogen-bond donors (Lipinski definition) is 0. The summed E-state index contributed by atoms with van der Waals surface area (Å²) < 4.78 is 0. The van der Waals surface area contributed by atoms with Crippen molar-refractivity contribution in [1.29, 1.82) is 0 Å². The van der Waals surface area contributed by atoms with Gasteiger partial charge < -0.3 is 0 Å². The van der Waals surface area contributed by atoms with Crippen molar-refractivity contribution in [2.24, 2.45) is 0 Å². The summed E-state index contributed by atoms with van der Waals surface area (Å²) >= 11 is 1.66. The van der Waals surface area contributed by atoms with E-state index in [2.05, 4.69) is 0 Å². The van der Waals surface area contributed by atoms with Crippen LogP contribution in [0.15, 0.2) is 11.4 Å². The van der Waals surface area contributed by atoms with Gasteiger partial charge in [-0.2, -0.15) is 0 Å². The molecule has 2 heteroatoms. The highest BCUT2D eigenvalue weighted by Crippen LogP contribution is 2.15. The summed E-state index contributed by atoms with van der Waals surface area (Å²) in [4.78, 5) is 11.9. The molecule has 0 bridgehead atoms. The number of rotatable bonds is 2. The maximum Gasteiger partial charge on any atom is 0.135 e. The van der Waals surface area contributed by atoms with Gasteiger partial charge in [-0.25, -0.2) is 0 Å². The first-order valence-electron chi connectivity index (χ1n) is 3.22. The molecule has 0 aromatic carbocycles. The maximum absolute atomic E-state index is 10.7. The van der Waals surface area contributed by atoms with Crippen LogP contribution < -0.4 is 0 Å². The van der Waals surface area contributed by atoms with Crippen molar-refractivity contribution in [2.45, 2.75) is 20.3 Å². The standard InChI is InChI=1S/C8H10OS/c1-6-3-4-10-8(6)5-7(2)9/h3-4H,5H2,1-2H3. The third-order valence-electron chi connectivity index (χ3n) is 1.38. The van der Waals surface area contributed by atoms with E-state index in [0.29, 0.717) is 6.42 Å². The SMILES string of the molecule is CC(=O)Cc1sccc1C. The lowest BCUT2D eigenvalue weighted by molar-refractivity contribution is -0.116. The second-order valence-corrected chi connectivity index (χ2v) is 3.41. The molecule has 1 aromatic rings. The zero-order chi connectivity index (χ0) is 7.56. The van der Waals surface area contributed by atoms with Crippen molar-refractivity contribution in [3.05, 3.63) is 21.9 Å². The lowest BCUT2D eigenvalue weighted by atomic mass is 10.2. The maximum atomic E-state index is 10.7. The normalized spacial score (nSPS) is 9.80. The summed E-state index contributed by atoms with van der Waals surface area (Å²) in [5.74, 6) is 0.241. The summed E-state index contributed by atoms with van der Waals surface area (Å²) in [7, 11) is 0. The zero-order valence-corrected chi connectivity index (χ0v) is 6.99. The van der Waals surface area contributed by atoms with Crippen molar-refractivity contribution in [2.75, 3.05) is 0 Å². The van der Waals surface area contributed by atoms with Gasteiger partial charge in [-0.15, -0.1) is 11.3 Å². The number of thiophene rings is 1. The van der Waals surface area contributed by atoms with Crippen molar-refractivity contribution in [3.8, 4) is 0 Å². The Balaban J connectivity index is 2.74. The Morgan fingerprint density at radius 3 is 2.80 bits per heavy atom. The first-order chi connectivity index (χ1) is 4.70. The molecule has 1 nitrogen and oxygen atoms in total. The molecule has 0 atom stereocenters. The largest absolute Gasteiger partial charge is 0.300 e. The van der Waals surface area contributed by atoms with Gasteiger partial charge in [0, 0.05) is 11.3 Å². The summed E-state index contributed by atoms with van der Waals surface area (Å²) in [5, 5.41) is 2.02. The highest BCUT2D eigenvalue weighted by atomic mass is 32.1. The molecule has 0 aliphatic carbocycles. The van der Waals surface area contributed by atoms with Crippen LogP contribution in [0.25, 0.3) is 0 Å². The Morgan fingerprint density at radius 1 is 1.70 bits per heavy atom. The predicted octanol–water partition coefficient (Wildman–Crippen LogP) is 2.19. The molecule has 0 saturated heterocycles. The van der Waals surface area contributed by atoms with Crippen LogP contribution in [0.4, 0.5) is 0 Å². The molecule has 0 unspecified atom stereocenters. The van der Waals surface area contributed by atoms with E-state index in [1.807, 2.05) is 18.4 Å². The van der Waals surface area contributed by atoms with Crippen LogP contribution in [0, 0.1) is 6.92 Å². The van der Waals surface area contributed by atoms with Crippen LogP contribution in [0.2, 0.25) is 0 Å². The van der Waals surface area contributed by atoms with Gasteiger partial charge in [0.05, 0.1) is 0 Å². The molecule has 1 heterocycles. The van der Waals surface area contributed by atoms with Crippen LogP contribution in [-0.2, 0) is 11.2 Å². The molecule has 10 heavy (non-hydrogen) atoms. The number of ketones is 1. The number of aryl methyl sites for hydroxylation is 1. The van der Waals surface area contributed by atoms with Gasteiger partial charge in [0.2, 0.25) is 0 Å². The predicted molar refractivity (Wildman–Crippen MR) is 43.4 cm³/mol. The number of Topliss-reactive ketones (excluding diaryl/α,β-unsaturated/α-hetero) is 1. The molecule has 1 rings (SSSR count). The van der Waals surface area contributed by atoms with Gasteiger partial charge in [0.25, 0.3) is 0 Å². The summed E-state index contributed by atoms with van der Waals surface area (Å²) in [5.41, 5.74) is 1.24. The minimum atomic E-state index is 0.241. The highest BCUT2D eigenvalue weighted by Gasteiger charge is 2.01. The molecule has 0 aliphatic rings. The molecule has 0 saturated carbocycles. The van der Waals surface area contributed by atoms with Crippen molar-refractivity contribution in [1.82, 2.24) is 0 Å². The van der Waals surface area contributed by atoms with Crippen LogP contribution in [0.1, 0.15) is 17.4 Å². The third-order valence-corrected chi connectivity index (χ3v) is 2.40. The molecule has 1 aromatic heterocycles. The Morgan fingerprint density at radius 2 is 2.40 bits per heavy atom. The second-order valence-electron chi connectivity index (χ2n) is 2.41. The van der Waals surface area contributed by atoms with Crippen molar-refractivity contribution in [3.63, 3.8) is 0 Å². The number of carbonyl (C=O) groups is 1. The van der Waals surface area contributed by atoms with Gasteiger partial charge in [-0.3, -0.25) is 4.79 Å².